The van der Waals surface area contributed by atoms with Crippen LogP contribution in [0.1, 0.15) is 66.7 Å². The summed E-state index contributed by atoms with van der Waals surface area (Å²) < 4.78 is 12.1. The minimum atomic E-state index is -0.668. The van der Waals surface area contributed by atoms with Crippen molar-refractivity contribution < 1.29 is 24.2 Å². The van der Waals surface area contributed by atoms with Crippen molar-refractivity contribution in [1.82, 2.24) is 0 Å². The Hall–Kier alpha value is -0.940. The maximum absolute atomic E-state index is 13.6. The summed E-state index contributed by atoms with van der Waals surface area (Å²) in [6, 6.07) is 0. The summed E-state index contributed by atoms with van der Waals surface area (Å²) in [4.78, 5) is 25.2. The molecule has 1 spiro atoms. The fourth-order valence-corrected chi connectivity index (χ4v) is 8.85. The van der Waals surface area contributed by atoms with E-state index >= 15 is 0 Å². The lowest BCUT2D eigenvalue weighted by Gasteiger charge is -2.67. The summed E-state index contributed by atoms with van der Waals surface area (Å²) in [6.07, 6.45) is 3.07. The van der Waals surface area contributed by atoms with Gasteiger partial charge in [0.05, 0.1) is 17.8 Å². The van der Waals surface area contributed by atoms with E-state index in [1.807, 2.05) is 13.8 Å². The molecule has 0 amide bonds. The molecule has 6 aliphatic rings. The number of ether oxygens (including phenoxy) is 2. The number of hydrogen-bond acceptors (Lipinski definition) is 5. The van der Waals surface area contributed by atoms with Crippen LogP contribution in [0.4, 0.5) is 0 Å². The molecule has 0 aromatic heterocycles. The molecule has 27 heavy (non-hydrogen) atoms. The number of rotatable bonds is 1. The Balaban J connectivity index is 1.61. The van der Waals surface area contributed by atoms with Gasteiger partial charge in [0.1, 0.15) is 11.9 Å². The Bertz CT molecular complexity index is 730. The molecule has 5 heteroatoms. The zero-order valence-corrected chi connectivity index (χ0v) is 17.1. The molecule has 0 aromatic rings. The second-order valence-electron chi connectivity index (χ2n) is 11.2. The lowest BCUT2D eigenvalue weighted by atomic mass is 9.39. The van der Waals surface area contributed by atoms with E-state index in [1.54, 1.807) is 0 Å². The molecule has 1 N–H and O–H groups in total. The molecule has 4 bridgehead atoms. The van der Waals surface area contributed by atoms with Gasteiger partial charge in [-0.1, -0.05) is 20.8 Å². The molecule has 5 nitrogen and oxygen atoms in total. The van der Waals surface area contributed by atoms with Crippen LogP contribution in [-0.4, -0.2) is 40.8 Å². The first kappa shape index (κ1) is 18.1. The Morgan fingerprint density at radius 3 is 2.56 bits per heavy atom. The summed E-state index contributed by atoms with van der Waals surface area (Å²) in [7, 11) is 0. The largest absolute Gasteiger partial charge is 0.462 e. The monoisotopic (exact) mass is 376 g/mol. The van der Waals surface area contributed by atoms with Crippen molar-refractivity contribution in [1.29, 1.82) is 0 Å². The molecule has 4 saturated carbocycles. The normalized spacial score (nSPS) is 57.3. The molecule has 6 rings (SSSR count). The molecule has 9 atom stereocenters. The first-order valence-corrected chi connectivity index (χ1v) is 10.5. The van der Waals surface area contributed by atoms with Gasteiger partial charge in [-0.05, 0) is 43.4 Å². The molecule has 0 aromatic carbocycles. The SMILES string of the molecule is CC(=O)O[C@H]1C[C@H](O)[C@]2(C)[C@H](C(=O)C[C@]34C[C@H]5C[C@@H](O[C@]5(C)C3)[C@H]42)C1(C)C. The number of hydrogen-bond donors (Lipinski definition) is 1. The van der Waals surface area contributed by atoms with Gasteiger partial charge in [0, 0.05) is 36.5 Å². The van der Waals surface area contributed by atoms with Gasteiger partial charge in [0.2, 0.25) is 0 Å². The minimum absolute atomic E-state index is 0.0196. The molecule has 2 heterocycles. The van der Waals surface area contributed by atoms with Crippen molar-refractivity contribution >= 4 is 11.8 Å². The Morgan fingerprint density at radius 2 is 1.93 bits per heavy atom. The van der Waals surface area contributed by atoms with Crippen molar-refractivity contribution in [2.45, 2.75) is 90.6 Å². The fraction of sp³-hybridized carbons (Fsp3) is 0.909. The third-order valence-corrected chi connectivity index (χ3v) is 9.37. The van der Waals surface area contributed by atoms with Crippen LogP contribution in [-0.2, 0) is 19.1 Å². The first-order valence-electron chi connectivity index (χ1n) is 10.5. The van der Waals surface area contributed by atoms with Gasteiger partial charge in [-0.3, -0.25) is 9.59 Å². The van der Waals surface area contributed by atoms with Crippen LogP contribution in [0.3, 0.4) is 0 Å². The molecule has 4 aliphatic carbocycles. The zero-order chi connectivity index (χ0) is 19.6. The summed E-state index contributed by atoms with van der Waals surface area (Å²) in [5, 5.41) is 11.4. The van der Waals surface area contributed by atoms with Crippen LogP contribution in [0.25, 0.3) is 0 Å². The number of fused-ring (bicyclic) bond motifs is 1. The highest BCUT2D eigenvalue weighted by atomic mass is 16.5. The summed E-state index contributed by atoms with van der Waals surface area (Å²) in [6.45, 7) is 9.82. The molecule has 0 radical (unpaired) electrons. The second-order valence-corrected chi connectivity index (χ2v) is 11.2. The number of ketones is 1. The predicted octanol–water partition coefficient (Wildman–Crippen LogP) is 2.88. The molecular formula is C22H32O5. The van der Waals surface area contributed by atoms with Gasteiger partial charge in [-0.2, -0.15) is 0 Å². The number of carbonyl (C=O) groups is 2. The standard InChI is InChI=1S/C22H32O5/c1-11(23)26-16-7-15(25)21(5)17(19(16,2)3)13(24)9-22-8-12-6-14(18(21)22)27-20(12,4)10-22/h12,14-18,25H,6-10H2,1-5H3/t12-,14-,15+,16+,17-,18+,20-,21-,22-/m1/s1. The minimum Gasteiger partial charge on any atom is -0.462 e. The molecule has 2 saturated heterocycles. The Kier molecular flexibility index (Phi) is 3.33. The maximum atomic E-state index is 13.6. The van der Waals surface area contributed by atoms with Crippen LogP contribution in [0, 0.1) is 34.0 Å². The molecule has 6 fully saturated rings. The van der Waals surface area contributed by atoms with Gasteiger partial charge in [-0.25, -0.2) is 0 Å². The quantitative estimate of drug-likeness (QED) is 0.713. The summed E-state index contributed by atoms with van der Waals surface area (Å²) >= 11 is 0. The average Bonchev–Trinajstić information content (AvgIpc) is 2.85. The highest BCUT2D eigenvalue weighted by Gasteiger charge is 2.77. The number of esters is 1. The molecular weight excluding hydrogens is 344 g/mol. The van der Waals surface area contributed by atoms with E-state index in [-0.39, 0.29) is 40.7 Å². The van der Waals surface area contributed by atoms with E-state index in [1.165, 1.54) is 6.92 Å². The first-order chi connectivity index (χ1) is 12.4. The summed E-state index contributed by atoms with van der Waals surface area (Å²) in [5.74, 6) is 0.334. The Labute approximate surface area is 161 Å². The van der Waals surface area contributed by atoms with Crippen molar-refractivity contribution in [3.8, 4) is 0 Å². The maximum Gasteiger partial charge on any atom is 0.302 e. The molecule has 0 unspecified atom stereocenters. The number of carbonyl (C=O) groups excluding carboxylic acids is 2. The van der Waals surface area contributed by atoms with Gasteiger partial charge < -0.3 is 14.6 Å². The van der Waals surface area contributed by atoms with E-state index in [0.717, 1.165) is 19.3 Å². The lowest BCUT2D eigenvalue weighted by Crippen LogP contribution is -2.70. The van der Waals surface area contributed by atoms with Crippen LogP contribution < -0.4 is 0 Å². The van der Waals surface area contributed by atoms with E-state index in [2.05, 4.69) is 13.8 Å². The third-order valence-electron chi connectivity index (χ3n) is 9.37. The van der Waals surface area contributed by atoms with Gasteiger partial charge in [0.15, 0.2) is 0 Å². The van der Waals surface area contributed by atoms with Crippen molar-refractivity contribution in [2.24, 2.45) is 34.0 Å². The van der Waals surface area contributed by atoms with Crippen LogP contribution in [0.15, 0.2) is 0 Å². The number of Topliss-reactive ketones (excluding diaryl/α,β-unsaturated/α-hetero) is 1. The van der Waals surface area contributed by atoms with Crippen LogP contribution in [0.2, 0.25) is 0 Å². The topological polar surface area (TPSA) is 72.8 Å². The smallest absolute Gasteiger partial charge is 0.302 e. The Morgan fingerprint density at radius 1 is 1.22 bits per heavy atom. The average molecular weight is 376 g/mol. The predicted molar refractivity (Wildman–Crippen MR) is 97.7 cm³/mol. The van der Waals surface area contributed by atoms with E-state index in [9.17, 15) is 14.7 Å². The van der Waals surface area contributed by atoms with Crippen molar-refractivity contribution in [3.05, 3.63) is 0 Å². The van der Waals surface area contributed by atoms with Crippen molar-refractivity contribution in [3.63, 3.8) is 0 Å². The highest BCUT2D eigenvalue weighted by Crippen LogP contribution is 2.76. The third kappa shape index (κ3) is 1.98. The van der Waals surface area contributed by atoms with E-state index < -0.39 is 23.0 Å². The van der Waals surface area contributed by atoms with Crippen LogP contribution in [0.5, 0.6) is 0 Å². The van der Waals surface area contributed by atoms with E-state index in [4.69, 9.17) is 9.47 Å². The van der Waals surface area contributed by atoms with Crippen molar-refractivity contribution in [2.75, 3.05) is 0 Å². The highest BCUT2D eigenvalue weighted by molar-refractivity contribution is 5.85. The lowest BCUT2D eigenvalue weighted by molar-refractivity contribution is -0.261. The molecule has 2 aliphatic heterocycles. The van der Waals surface area contributed by atoms with Gasteiger partial charge in [-0.15, -0.1) is 0 Å². The van der Waals surface area contributed by atoms with Gasteiger partial charge in [0.25, 0.3) is 0 Å². The molecule has 150 valence electrons. The summed E-state index contributed by atoms with van der Waals surface area (Å²) in [5.41, 5.74) is -1.13. The van der Waals surface area contributed by atoms with Gasteiger partial charge >= 0.3 is 5.97 Å². The number of aliphatic hydroxyl groups is 1. The van der Waals surface area contributed by atoms with Crippen LogP contribution >= 0.6 is 0 Å². The van der Waals surface area contributed by atoms with E-state index in [0.29, 0.717) is 18.8 Å². The second kappa shape index (κ2) is 4.96. The fourth-order valence-electron chi connectivity index (χ4n) is 8.85. The zero-order valence-electron chi connectivity index (χ0n) is 17.1. The number of aliphatic hydroxyl groups excluding tert-OH is 1.